The first-order valence-electron chi connectivity index (χ1n) is 8.93. The van der Waals surface area contributed by atoms with E-state index in [-0.39, 0.29) is 24.4 Å². The zero-order valence-corrected chi connectivity index (χ0v) is 15.6. The molecule has 0 bridgehead atoms. The van der Waals surface area contributed by atoms with Crippen molar-refractivity contribution in [3.63, 3.8) is 0 Å². The molecule has 3 rings (SSSR count). The van der Waals surface area contributed by atoms with Gasteiger partial charge in [0.05, 0.1) is 18.2 Å². The van der Waals surface area contributed by atoms with Gasteiger partial charge < -0.3 is 19.1 Å². The average Bonchev–Trinajstić information content (AvgIpc) is 2.97. The van der Waals surface area contributed by atoms with E-state index in [0.29, 0.717) is 19.6 Å². The highest BCUT2D eigenvalue weighted by Crippen LogP contribution is 2.32. The number of nitrogens with zero attached hydrogens (tertiary/aromatic N) is 2. The Labute approximate surface area is 149 Å². The lowest BCUT2D eigenvalue weighted by Crippen LogP contribution is -2.54. The molecule has 0 radical (unpaired) electrons. The van der Waals surface area contributed by atoms with Crippen LogP contribution < -0.4 is 9.47 Å². The lowest BCUT2D eigenvalue weighted by molar-refractivity contribution is -0.145. The van der Waals surface area contributed by atoms with Gasteiger partial charge in [-0.25, -0.2) is 0 Å². The van der Waals surface area contributed by atoms with Gasteiger partial charge in [0, 0.05) is 26.2 Å². The number of rotatable bonds is 5. The van der Waals surface area contributed by atoms with Crippen LogP contribution in [0.2, 0.25) is 0 Å². The fourth-order valence-corrected chi connectivity index (χ4v) is 3.63. The molecule has 6 heteroatoms. The van der Waals surface area contributed by atoms with E-state index < -0.39 is 0 Å². The summed E-state index contributed by atoms with van der Waals surface area (Å²) in [6.45, 7) is 11.7. The second kappa shape index (κ2) is 7.22. The molecule has 0 unspecified atom stereocenters. The molecule has 138 valence electrons. The molecule has 1 saturated heterocycles. The standard InChI is InChI=1S/C19H28N2O4/c1-5-21(10-15-6-7-16-17(8-15)24-13-23-16)18(22)11-20-9-14(2)25-19(3,4)12-20/h6-8,14H,5,9-13H2,1-4H3/t14-/m0/s1. The summed E-state index contributed by atoms with van der Waals surface area (Å²) in [6, 6.07) is 5.85. The van der Waals surface area contributed by atoms with Crippen molar-refractivity contribution in [2.45, 2.75) is 45.9 Å². The maximum Gasteiger partial charge on any atom is 0.237 e. The number of morpholine rings is 1. The number of likely N-dealkylation sites (N-methyl/N-ethyl adjacent to an activating group) is 1. The van der Waals surface area contributed by atoms with Crippen LogP contribution >= 0.6 is 0 Å². The minimum atomic E-state index is -0.216. The molecule has 0 N–H and O–H groups in total. The first-order valence-corrected chi connectivity index (χ1v) is 8.93. The zero-order valence-electron chi connectivity index (χ0n) is 15.6. The second-order valence-electron chi connectivity index (χ2n) is 7.45. The maximum absolute atomic E-state index is 12.8. The molecule has 0 spiro atoms. The number of amides is 1. The van der Waals surface area contributed by atoms with Gasteiger partial charge in [-0.2, -0.15) is 0 Å². The number of fused-ring (bicyclic) bond motifs is 1. The minimum absolute atomic E-state index is 0.139. The third kappa shape index (κ3) is 4.44. The van der Waals surface area contributed by atoms with Gasteiger partial charge >= 0.3 is 0 Å². The molecule has 1 amide bonds. The van der Waals surface area contributed by atoms with E-state index in [1.807, 2.05) is 30.0 Å². The molecule has 0 aromatic heterocycles. The number of hydrogen-bond donors (Lipinski definition) is 0. The summed E-state index contributed by atoms with van der Waals surface area (Å²) in [4.78, 5) is 16.9. The Morgan fingerprint density at radius 1 is 1.32 bits per heavy atom. The third-order valence-corrected chi connectivity index (χ3v) is 4.54. The summed E-state index contributed by atoms with van der Waals surface area (Å²) in [5.74, 6) is 1.66. The monoisotopic (exact) mass is 348 g/mol. The van der Waals surface area contributed by atoms with Crippen molar-refractivity contribution >= 4 is 5.91 Å². The van der Waals surface area contributed by atoms with E-state index in [2.05, 4.69) is 25.7 Å². The number of benzene rings is 1. The van der Waals surface area contributed by atoms with Crippen molar-refractivity contribution in [2.24, 2.45) is 0 Å². The Morgan fingerprint density at radius 2 is 2.08 bits per heavy atom. The number of ether oxygens (including phenoxy) is 3. The molecule has 0 saturated carbocycles. The largest absolute Gasteiger partial charge is 0.454 e. The lowest BCUT2D eigenvalue weighted by atomic mass is 10.1. The van der Waals surface area contributed by atoms with Gasteiger partial charge in [-0.15, -0.1) is 0 Å². The summed E-state index contributed by atoms with van der Waals surface area (Å²) < 4.78 is 16.7. The summed E-state index contributed by atoms with van der Waals surface area (Å²) in [7, 11) is 0. The smallest absolute Gasteiger partial charge is 0.237 e. The van der Waals surface area contributed by atoms with Crippen LogP contribution in [-0.4, -0.2) is 60.4 Å². The van der Waals surface area contributed by atoms with E-state index in [0.717, 1.165) is 30.2 Å². The Kier molecular flexibility index (Phi) is 5.20. The molecule has 1 aromatic rings. The van der Waals surface area contributed by atoms with Gasteiger partial charge in [0.1, 0.15) is 0 Å². The molecule has 1 fully saturated rings. The van der Waals surface area contributed by atoms with Crippen molar-refractivity contribution in [3.05, 3.63) is 23.8 Å². The van der Waals surface area contributed by atoms with Crippen LogP contribution in [0.25, 0.3) is 0 Å². The Morgan fingerprint density at radius 3 is 2.80 bits per heavy atom. The summed E-state index contributed by atoms with van der Waals surface area (Å²) in [6.07, 6.45) is 0.139. The number of carbonyl (C=O) groups excluding carboxylic acids is 1. The second-order valence-corrected chi connectivity index (χ2v) is 7.45. The topological polar surface area (TPSA) is 51.2 Å². The molecule has 2 aliphatic rings. The molecule has 1 aromatic carbocycles. The quantitative estimate of drug-likeness (QED) is 0.817. The number of hydrogen-bond acceptors (Lipinski definition) is 5. The van der Waals surface area contributed by atoms with Crippen LogP contribution in [0.3, 0.4) is 0 Å². The van der Waals surface area contributed by atoms with E-state index in [9.17, 15) is 4.79 Å². The molecule has 1 atom stereocenters. The van der Waals surface area contributed by atoms with Crippen LogP contribution in [0.5, 0.6) is 11.5 Å². The minimum Gasteiger partial charge on any atom is -0.454 e. The third-order valence-electron chi connectivity index (χ3n) is 4.54. The Bertz CT molecular complexity index is 632. The molecule has 0 aliphatic carbocycles. The van der Waals surface area contributed by atoms with Gasteiger partial charge in [0.15, 0.2) is 11.5 Å². The molecule has 2 aliphatic heterocycles. The number of carbonyl (C=O) groups is 1. The lowest BCUT2D eigenvalue weighted by Gasteiger charge is -2.41. The van der Waals surface area contributed by atoms with Crippen LogP contribution in [0, 0.1) is 0 Å². The van der Waals surface area contributed by atoms with Crippen LogP contribution in [0.15, 0.2) is 18.2 Å². The van der Waals surface area contributed by atoms with Gasteiger partial charge in [0.2, 0.25) is 12.7 Å². The van der Waals surface area contributed by atoms with Crippen molar-refractivity contribution < 1.29 is 19.0 Å². The SMILES string of the molecule is CCN(Cc1ccc2c(c1)OCO2)C(=O)CN1C[C@H](C)OC(C)(C)C1. The van der Waals surface area contributed by atoms with Gasteiger partial charge in [-0.3, -0.25) is 9.69 Å². The Balaban J connectivity index is 1.61. The molecular weight excluding hydrogens is 320 g/mol. The van der Waals surface area contributed by atoms with Crippen molar-refractivity contribution in [1.29, 1.82) is 0 Å². The van der Waals surface area contributed by atoms with Crippen LogP contribution in [-0.2, 0) is 16.1 Å². The van der Waals surface area contributed by atoms with E-state index >= 15 is 0 Å². The molecule has 25 heavy (non-hydrogen) atoms. The fourth-order valence-electron chi connectivity index (χ4n) is 3.63. The van der Waals surface area contributed by atoms with Crippen molar-refractivity contribution in [3.8, 4) is 11.5 Å². The van der Waals surface area contributed by atoms with Crippen LogP contribution in [0.1, 0.15) is 33.3 Å². The van der Waals surface area contributed by atoms with E-state index in [1.165, 1.54) is 0 Å². The highest BCUT2D eigenvalue weighted by Gasteiger charge is 2.32. The highest BCUT2D eigenvalue weighted by molar-refractivity contribution is 5.78. The van der Waals surface area contributed by atoms with Gasteiger partial charge in [-0.1, -0.05) is 6.07 Å². The maximum atomic E-state index is 12.8. The predicted molar refractivity (Wildman–Crippen MR) is 94.7 cm³/mol. The predicted octanol–water partition coefficient (Wildman–Crippen LogP) is 2.26. The molecule has 2 heterocycles. The van der Waals surface area contributed by atoms with E-state index in [4.69, 9.17) is 14.2 Å². The van der Waals surface area contributed by atoms with Crippen molar-refractivity contribution in [2.75, 3.05) is 33.0 Å². The summed E-state index contributed by atoms with van der Waals surface area (Å²) in [5.41, 5.74) is 0.835. The van der Waals surface area contributed by atoms with Gasteiger partial charge in [0.25, 0.3) is 0 Å². The highest BCUT2D eigenvalue weighted by atomic mass is 16.7. The fraction of sp³-hybridized carbons (Fsp3) is 0.632. The van der Waals surface area contributed by atoms with Crippen molar-refractivity contribution in [1.82, 2.24) is 9.80 Å². The van der Waals surface area contributed by atoms with Crippen LogP contribution in [0.4, 0.5) is 0 Å². The average molecular weight is 348 g/mol. The molecular formula is C19H28N2O4. The normalized spacial score (nSPS) is 22.0. The summed E-state index contributed by atoms with van der Waals surface area (Å²) in [5, 5.41) is 0. The van der Waals surface area contributed by atoms with E-state index in [1.54, 1.807) is 0 Å². The zero-order chi connectivity index (χ0) is 18.0. The first-order chi connectivity index (χ1) is 11.9. The molecule has 6 nitrogen and oxygen atoms in total. The Hall–Kier alpha value is -1.79. The summed E-state index contributed by atoms with van der Waals surface area (Å²) >= 11 is 0. The first kappa shape index (κ1) is 18.0. The van der Waals surface area contributed by atoms with Gasteiger partial charge in [-0.05, 0) is 45.4 Å².